The van der Waals surface area contributed by atoms with Crippen molar-refractivity contribution in [2.75, 3.05) is 5.75 Å². The van der Waals surface area contributed by atoms with Crippen LogP contribution in [0.4, 0.5) is 0 Å². The summed E-state index contributed by atoms with van der Waals surface area (Å²) < 4.78 is 7.46. The van der Waals surface area contributed by atoms with Crippen LogP contribution in [-0.2, 0) is 6.42 Å². The maximum Gasteiger partial charge on any atom is 0.226 e. The van der Waals surface area contributed by atoms with Gasteiger partial charge in [-0.05, 0) is 55.3 Å². The van der Waals surface area contributed by atoms with Crippen LogP contribution in [-0.4, -0.2) is 40.6 Å². The van der Waals surface area contributed by atoms with Crippen LogP contribution in [0.2, 0.25) is 5.02 Å². The maximum absolute atomic E-state index is 6.42. The van der Waals surface area contributed by atoms with E-state index in [0.717, 1.165) is 45.5 Å². The van der Waals surface area contributed by atoms with Gasteiger partial charge in [-0.25, -0.2) is 0 Å². The number of rotatable bonds is 8. The number of thioether (sulfide) groups is 1. The predicted molar refractivity (Wildman–Crippen MR) is 131 cm³/mol. The monoisotopic (exact) mass is 489 g/mol. The molecule has 4 aromatic heterocycles. The molecular formula is C24H20ClN7OS. The Labute approximate surface area is 205 Å². The minimum absolute atomic E-state index is 0.572. The van der Waals surface area contributed by atoms with E-state index in [4.69, 9.17) is 16.1 Å². The molecule has 34 heavy (non-hydrogen) atoms. The fourth-order valence-electron chi connectivity index (χ4n) is 3.47. The molecule has 5 aromatic rings. The fourth-order valence-corrected chi connectivity index (χ4v) is 4.52. The summed E-state index contributed by atoms with van der Waals surface area (Å²) >= 11 is 8.05. The van der Waals surface area contributed by atoms with Crippen LogP contribution in [0.5, 0.6) is 0 Å². The van der Waals surface area contributed by atoms with Gasteiger partial charge in [0.2, 0.25) is 11.7 Å². The highest BCUT2D eigenvalue weighted by Gasteiger charge is 2.18. The second kappa shape index (κ2) is 10.1. The van der Waals surface area contributed by atoms with Gasteiger partial charge >= 0.3 is 0 Å². The van der Waals surface area contributed by atoms with Gasteiger partial charge in [0.05, 0.1) is 5.69 Å². The second-order valence-electron chi connectivity index (χ2n) is 7.46. The first-order valence-electron chi connectivity index (χ1n) is 10.7. The molecule has 1 aromatic carbocycles. The number of nitrogens with zero attached hydrogens (tertiary/aromatic N) is 7. The van der Waals surface area contributed by atoms with Gasteiger partial charge in [0.1, 0.15) is 0 Å². The predicted octanol–water partition coefficient (Wildman–Crippen LogP) is 5.46. The highest BCUT2D eigenvalue weighted by molar-refractivity contribution is 7.99. The first kappa shape index (κ1) is 22.2. The molecule has 0 unspecified atom stereocenters. The Bertz CT molecular complexity index is 1390. The fraction of sp³-hybridized carbons (Fsp3) is 0.167. The minimum Gasteiger partial charge on any atom is -0.339 e. The average molecular weight is 490 g/mol. The van der Waals surface area contributed by atoms with Crippen molar-refractivity contribution in [3.8, 4) is 28.5 Å². The van der Waals surface area contributed by atoms with Gasteiger partial charge in [0, 0.05) is 53.1 Å². The van der Waals surface area contributed by atoms with Crippen molar-refractivity contribution in [3.05, 3.63) is 83.7 Å². The molecule has 0 aliphatic rings. The number of halogens is 1. The lowest BCUT2D eigenvalue weighted by atomic mass is 10.2. The molecule has 0 N–H and O–H groups in total. The summed E-state index contributed by atoms with van der Waals surface area (Å²) in [6.07, 6.45) is 8.43. The van der Waals surface area contributed by atoms with Crippen molar-refractivity contribution in [2.45, 2.75) is 24.9 Å². The molecule has 0 radical (unpaired) electrons. The quantitative estimate of drug-likeness (QED) is 0.209. The van der Waals surface area contributed by atoms with Crippen molar-refractivity contribution in [1.29, 1.82) is 0 Å². The summed E-state index contributed by atoms with van der Waals surface area (Å²) in [4.78, 5) is 12.6. The lowest BCUT2D eigenvalue weighted by Gasteiger charge is -2.13. The van der Waals surface area contributed by atoms with E-state index in [2.05, 4.69) is 34.9 Å². The van der Waals surface area contributed by atoms with E-state index in [9.17, 15) is 0 Å². The number of benzene rings is 1. The third kappa shape index (κ3) is 4.71. The van der Waals surface area contributed by atoms with Crippen molar-refractivity contribution >= 4 is 23.4 Å². The number of pyridine rings is 2. The van der Waals surface area contributed by atoms with E-state index in [1.165, 1.54) is 0 Å². The topological polar surface area (TPSA) is 95.4 Å². The molecule has 10 heteroatoms. The van der Waals surface area contributed by atoms with Crippen LogP contribution < -0.4 is 0 Å². The number of aromatic nitrogens is 7. The smallest absolute Gasteiger partial charge is 0.226 e. The molecule has 0 amide bonds. The highest BCUT2D eigenvalue weighted by Crippen LogP contribution is 2.31. The highest BCUT2D eigenvalue weighted by atomic mass is 35.5. The number of hydrogen-bond donors (Lipinski definition) is 0. The first-order chi connectivity index (χ1) is 16.7. The zero-order chi connectivity index (χ0) is 23.3. The SMILES string of the molecule is Cc1c(Cl)cccc1-n1c(SCCCc2nc(-c3ccncc3)no2)nnc1-c1ccncc1. The molecular weight excluding hydrogens is 470 g/mol. The van der Waals surface area contributed by atoms with Crippen LogP contribution >= 0.6 is 23.4 Å². The summed E-state index contributed by atoms with van der Waals surface area (Å²) in [5.74, 6) is 2.73. The second-order valence-corrected chi connectivity index (χ2v) is 8.93. The molecule has 0 aliphatic heterocycles. The molecule has 0 aliphatic carbocycles. The van der Waals surface area contributed by atoms with Crippen LogP contribution in [0.15, 0.2) is 76.9 Å². The lowest BCUT2D eigenvalue weighted by Crippen LogP contribution is -2.03. The standard InChI is InChI=1S/C24H20ClN7OS/c1-16-19(25)4-2-5-20(16)32-23(18-9-13-27-14-10-18)29-30-24(32)34-15-3-6-21-28-22(31-33-21)17-7-11-26-12-8-17/h2,4-5,7-14H,3,6,15H2,1H3. The summed E-state index contributed by atoms with van der Waals surface area (Å²) in [6, 6.07) is 13.4. The third-order valence-corrected chi connectivity index (χ3v) is 6.65. The molecule has 0 fully saturated rings. The van der Waals surface area contributed by atoms with Gasteiger partial charge in [-0.1, -0.05) is 34.6 Å². The van der Waals surface area contributed by atoms with Gasteiger partial charge in [-0.3, -0.25) is 14.5 Å². The lowest BCUT2D eigenvalue weighted by molar-refractivity contribution is 0.378. The molecule has 0 spiro atoms. The zero-order valence-corrected chi connectivity index (χ0v) is 19.9. The van der Waals surface area contributed by atoms with E-state index in [0.29, 0.717) is 23.2 Å². The van der Waals surface area contributed by atoms with E-state index in [-0.39, 0.29) is 0 Å². The van der Waals surface area contributed by atoms with Gasteiger partial charge in [0.15, 0.2) is 11.0 Å². The van der Waals surface area contributed by atoms with Crippen molar-refractivity contribution < 1.29 is 4.52 Å². The van der Waals surface area contributed by atoms with Crippen LogP contribution in [0, 0.1) is 6.92 Å². The Morgan fingerprint density at radius 3 is 2.44 bits per heavy atom. The minimum atomic E-state index is 0.572. The molecule has 5 rings (SSSR count). The third-order valence-electron chi connectivity index (χ3n) is 5.22. The summed E-state index contributed by atoms with van der Waals surface area (Å²) in [6.45, 7) is 2.00. The van der Waals surface area contributed by atoms with Crippen molar-refractivity contribution in [3.63, 3.8) is 0 Å². The Morgan fingerprint density at radius 2 is 1.68 bits per heavy atom. The van der Waals surface area contributed by atoms with Gasteiger partial charge in [-0.2, -0.15) is 4.98 Å². The largest absolute Gasteiger partial charge is 0.339 e. The van der Waals surface area contributed by atoms with Crippen LogP contribution in [0.3, 0.4) is 0 Å². The van der Waals surface area contributed by atoms with E-state index in [1.54, 1.807) is 36.5 Å². The van der Waals surface area contributed by atoms with Crippen LogP contribution in [0.1, 0.15) is 17.9 Å². The molecule has 0 saturated carbocycles. The van der Waals surface area contributed by atoms with E-state index >= 15 is 0 Å². The Morgan fingerprint density at radius 1 is 0.941 bits per heavy atom. The van der Waals surface area contributed by atoms with Crippen molar-refractivity contribution in [2.24, 2.45) is 0 Å². The summed E-state index contributed by atoms with van der Waals surface area (Å²) in [7, 11) is 0. The molecule has 0 saturated heterocycles. The number of hydrogen-bond acceptors (Lipinski definition) is 8. The number of aryl methyl sites for hydroxylation is 1. The van der Waals surface area contributed by atoms with Gasteiger partial charge < -0.3 is 4.52 Å². The first-order valence-corrected chi connectivity index (χ1v) is 12.0. The molecule has 8 nitrogen and oxygen atoms in total. The Balaban J connectivity index is 1.33. The normalized spacial score (nSPS) is 11.1. The Hall–Kier alpha value is -3.56. The molecule has 0 bridgehead atoms. The maximum atomic E-state index is 6.42. The summed E-state index contributed by atoms with van der Waals surface area (Å²) in [5, 5.41) is 14.5. The Kier molecular flexibility index (Phi) is 6.64. The molecule has 0 atom stereocenters. The van der Waals surface area contributed by atoms with Crippen molar-refractivity contribution in [1.82, 2.24) is 34.9 Å². The van der Waals surface area contributed by atoms with E-state index in [1.807, 2.05) is 49.4 Å². The van der Waals surface area contributed by atoms with Gasteiger partial charge in [-0.15, -0.1) is 10.2 Å². The van der Waals surface area contributed by atoms with E-state index < -0.39 is 0 Å². The molecule has 4 heterocycles. The molecule has 170 valence electrons. The zero-order valence-electron chi connectivity index (χ0n) is 18.3. The van der Waals surface area contributed by atoms with Gasteiger partial charge in [0.25, 0.3) is 0 Å². The summed E-state index contributed by atoms with van der Waals surface area (Å²) in [5.41, 5.74) is 3.73. The average Bonchev–Trinajstić information content (AvgIpc) is 3.52. The van der Waals surface area contributed by atoms with Crippen LogP contribution in [0.25, 0.3) is 28.5 Å².